The molecule has 0 radical (unpaired) electrons. The van der Waals surface area contributed by atoms with Crippen LogP contribution in [0.2, 0.25) is 0 Å². The van der Waals surface area contributed by atoms with Crippen LogP contribution >= 0.6 is 0 Å². The number of rotatable bonds is 4. The van der Waals surface area contributed by atoms with Crippen molar-refractivity contribution >= 4 is 39.3 Å². The van der Waals surface area contributed by atoms with Gasteiger partial charge in [-0.3, -0.25) is 14.7 Å². The number of hydrogen-bond acceptors (Lipinski definition) is 5. The molecule has 2 fully saturated rings. The summed E-state index contributed by atoms with van der Waals surface area (Å²) in [6.45, 7) is 2.38. The number of amides is 2. The van der Waals surface area contributed by atoms with E-state index in [2.05, 4.69) is 38.4 Å². The molecule has 2 aliphatic heterocycles. The van der Waals surface area contributed by atoms with E-state index in [0.717, 1.165) is 57.2 Å². The summed E-state index contributed by atoms with van der Waals surface area (Å²) >= 11 is 0. The molecule has 0 bridgehead atoms. The molecular formula is C28H28N6O3. The van der Waals surface area contributed by atoms with Crippen LogP contribution in [0.3, 0.4) is 0 Å². The molecule has 37 heavy (non-hydrogen) atoms. The maximum atomic E-state index is 13.2. The predicted octanol–water partition coefficient (Wildman–Crippen LogP) is 3.34. The zero-order chi connectivity index (χ0) is 25.1. The lowest BCUT2D eigenvalue weighted by molar-refractivity contribution is -0.131. The SMILES string of the molecule is O=C(c1n[nH]c2ccc(-c3cnc4[nH]c(C5=CCN(C(=O)C6CC6)C5)cc4c3)cc12)N1CCC(O)CC1. The van der Waals surface area contributed by atoms with Gasteiger partial charge in [0.2, 0.25) is 5.91 Å². The number of carbonyl (C=O) groups excluding carboxylic acids is 2. The molecule has 188 valence electrons. The Morgan fingerprint density at radius 1 is 1.00 bits per heavy atom. The Labute approximate surface area is 213 Å². The van der Waals surface area contributed by atoms with Crippen LogP contribution in [-0.2, 0) is 4.79 Å². The van der Waals surface area contributed by atoms with Gasteiger partial charge in [0.15, 0.2) is 5.69 Å². The number of H-pyrrole nitrogens is 2. The molecule has 9 nitrogen and oxygen atoms in total. The lowest BCUT2D eigenvalue weighted by atomic mass is 10.0. The second-order valence-electron chi connectivity index (χ2n) is 10.4. The second-order valence-corrected chi connectivity index (χ2v) is 10.4. The number of aromatic nitrogens is 4. The lowest BCUT2D eigenvalue weighted by Crippen LogP contribution is -2.40. The molecule has 9 heteroatoms. The quantitative estimate of drug-likeness (QED) is 0.401. The smallest absolute Gasteiger partial charge is 0.274 e. The van der Waals surface area contributed by atoms with Crippen molar-refractivity contribution in [1.82, 2.24) is 30.0 Å². The molecule has 5 heterocycles. The lowest BCUT2D eigenvalue weighted by Gasteiger charge is -2.29. The van der Waals surface area contributed by atoms with Gasteiger partial charge in [-0.05, 0) is 61.1 Å². The topological polar surface area (TPSA) is 118 Å². The van der Waals surface area contributed by atoms with Crippen molar-refractivity contribution < 1.29 is 14.7 Å². The van der Waals surface area contributed by atoms with Gasteiger partial charge in [-0.25, -0.2) is 4.98 Å². The highest BCUT2D eigenvalue weighted by Gasteiger charge is 2.35. The summed E-state index contributed by atoms with van der Waals surface area (Å²) in [6, 6.07) is 10.1. The number of likely N-dealkylation sites (tertiary alicyclic amines) is 1. The Hall–Kier alpha value is -3.98. The highest BCUT2D eigenvalue weighted by molar-refractivity contribution is 6.05. The number of aliphatic hydroxyl groups is 1. The molecule has 1 aromatic carbocycles. The fourth-order valence-electron chi connectivity index (χ4n) is 5.43. The van der Waals surface area contributed by atoms with Crippen LogP contribution in [0.4, 0.5) is 0 Å². The minimum absolute atomic E-state index is 0.113. The minimum Gasteiger partial charge on any atom is -0.393 e. The van der Waals surface area contributed by atoms with Gasteiger partial charge < -0.3 is 19.9 Å². The second kappa shape index (κ2) is 8.55. The summed E-state index contributed by atoms with van der Waals surface area (Å²) in [5.74, 6) is 0.391. The van der Waals surface area contributed by atoms with E-state index in [1.807, 2.05) is 29.3 Å². The molecule has 1 saturated heterocycles. The summed E-state index contributed by atoms with van der Waals surface area (Å²) < 4.78 is 0. The van der Waals surface area contributed by atoms with E-state index >= 15 is 0 Å². The maximum absolute atomic E-state index is 13.2. The van der Waals surface area contributed by atoms with E-state index in [9.17, 15) is 14.7 Å². The van der Waals surface area contributed by atoms with Gasteiger partial charge in [0.05, 0.1) is 11.6 Å². The normalized spacial score (nSPS) is 18.7. The van der Waals surface area contributed by atoms with Gasteiger partial charge >= 0.3 is 0 Å². The Kier molecular flexibility index (Phi) is 5.14. The van der Waals surface area contributed by atoms with Crippen molar-refractivity contribution in [1.29, 1.82) is 0 Å². The fraction of sp³-hybridized carbons (Fsp3) is 0.357. The van der Waals surface area contributed by atoms with Crippen LogP contribution < -0.4 is 0 Å². The van der Waals surface area contributed by atoms with Crippen LogP contribution in [0.25, 0.3) is 38.6 Å². The summed E-state index contributed by atoms with van der Waals surface area (Å²) in [5.41, 5.74) is 6.05. The number of benzene rings is 1. The van der Waals surface area contributed by atoms with Crippen LogP contribution in [0, 0.1) is 5.92 Å². The number of nitrogens with zero attached hydrogens (tertiary/aromatic N) is 4. The molecule has 3 aliphatic rings. The van der Waals surface area contributed by atoms with Crippen molar-refractivity contribution in [3.8, 4) is 11.1 Å². The largest absolute Gasteiger partial charge is 0.393 e. The Bertz CT molecular complexity index is 1570. The highest BCUT2D eigenvalue weighted by atomic mass is 16.3. The molecule has 7 rings (SSSR count). The monoisotopic (exact) mass is 496 g/mol. The standard InChI is InChI=1S/C28H28N6O3/c35-21-6-9-33(10-7-21)28(37)25-22-12-17(3-4-23(22)31-32-25)20-11-19-13-24(30-26(19)29-14-20)18-5-8-34(15-18)27(36)16-1-2-16/h3-5,11-14,16,21,35H,1-2,6-10,15H2,(H,29,30)(H,31,32). The Morgan fingerprint density at radius 2 is 1.84 bits per heavy atom. The third kappa shape index (κ3) is 3.99. The first kappa shape index (κ1) is 22.2. The summed E-state index contributed by atoms with van der Waals surface area (Å²) in [6.07, 6.45) is 6.85. The molecule has 1 saturated carbocycles. The van der Waals surface area contributed by atoms with Crippen molar-refractivity contribution in [2.24, 2.45) is 5.92 Å². The summed E-state index contributed by atoms with van der Waals surface area (Å²) in [4.78, 5) is 37.4. The molecule has 2 amide bonds. The fourth-order valence-corrected chi connectivity index (χ4v) is 5.43. The van der Waals surface area contributed by atoms with Gasteiger partial charge in [-0.15, -0.1) is 0 Å². The zero-order valence-corrected chi connectivity index (χ0v) is 20.4. The van der Waals surface area contributed by atoms with Crippen LogP contribution in [0.15, 0.2) is 42.6 Å². The number of carbonyl (C=O) groups is 2. The number of pyridine rings is 1. The van der Waals surface area contributed by atoms with Gasteiger partial charge in [0.1, 0.15) is 5.65 Å². The number of hydrogen-bond donors (Lipinski definition) is 3. The Morgan fingerprint density at radius 3 is 2.65 bits per heavy atom. The number of fused-ring (bicyclic) bond motifs is 2. The van der Waals surface area contributed by atoms with Crippen molar-refractivity contribution in [3.05, 3.63) is 54.0 Å². The third-order valence-corrected chi connectivity index (χ3v) is 7.82. The number of piperidine rings is 1. The first-order valence-electron chi connectivity index (χ1n) is 13.0. The molecule has 4 aromatic rings. The first-order chi connectivity index (χ1) is 18.0. The van der Waals surface area contributed by atoms with E-state index in [1.165, 1.54) is 0 Å². The first-order valence-corrected chi connectivity index (χ1v) is 13.0. The summed E-state index contributed by atoms with van der Waals surface area (Å²) in [5, 5.41) is 18.9. The number of nitrogens with one attached hydrogen (secondary N) is 2. The van der Waals surface area contributed by atoms with Gasteiger partial charge in [0, 0.05) is 60.3 Å². The minimum atomic E-state index is -0.336. The zero-order valence-electron chi connectivity index (χ0n) is 20.4. The van der Waals surface area contributed by atoms with E-state index in [1.54, 1.807) is 4.90 Å². The number of aliphatic hydroxyl groups excluding tert-OH is 1. The molecule has 0 unspecified atom stereocenters. The average molecular weight is 497 g/mol. The molecule has 0 atom stereocenters. The van der Waals surface area contributed by atoms with Gasteiger partial charge in [-0.1, -0.05) is 12.1 Å². The van der Waals surface area contributed by atoms with Crippen molar-refractivity contribution in [3.63, 3.8) is 0 Å². The van der Waals surface area contributed by atoms with E-state index in [-0.39, 0.29) is 23.8 Å². The third-order valence-electron chi connectivity index (χ3n) is 7.82. The summed E-state index contributed by atoms with van der Waals surface area (Å²) in [7, 11) is 0. The van der Waals surface area contributed by atoms with Gasteiger partial charge in [0.25, 0.3) is 5.91 Å². The van der Waals surface area contributed by atoms with E-state index in [4.69, 9.17) is 0 Å². The van der Waals surface area contributed by atoms with E-state index in [0.29, 0.717) is 44.7 Å². The van der Waals surface area contributed by atoms with Crippen molar-refractivity contribution in [2.75, 3.05) is 26.2 Å². The van der Waals surface area contributed by atoms with Crippen LogP contribution in [0.1, 0.15) is 41.9 Å². The van der Waals surface area contributed by atoms with Crippen LogP contribution in [0.5, 0.6) is 0 Å². The molecule has 1 aliphatic carbocycles. The van der Waals surface area contributed by atoms with Crippen molar-refractivity contribution in [2.45, 2.75) is 31.8 Å². The number of aromatic amines is 2. The average Bonchev–Trinajstić information content (AvgIpc) is 3.31. The van der Waals surface area contributed by atoms with Crippen LogP contribution in [-0.4, -0.2) is 79.2 Å². The molecule has 0 spiro atoms. The maximum Gasteiger partial charge on any atom is 0.274 e. The van der Waals surface area contributed by atoms with E-state index < -0.39 is 0 Å². The molecular weight excluding hydrogens is 468 g/mol. The molecule has 3 aromatic heterocycles. The molecule has 3 N–H and O–H groups in total. The predicted molar refractivity (Wildman–Crippen MR) is 140 cm³/mol. The highest BCUT2D eigenvalue weighted by Crippen LogP contribution is 2.34. The van der Waals surface area contributed by atoms with Gasteiger partial charge in [-0.2, -0.15) is 5.10 Å². The Balaban J connectivity index is 1.15.